The zero-order valence-electron chi connectivity index (χ0n) is 17.2. The van der Waals surface area contributed by atoms with E-state index in [1.54, 1.807) is 9.80 Å². The van der Waals surface area contributed by atoms with Crippen molar-refractivity contribution in [3.63, 3.8) is 0 Å². The molecule has 6 aliphatic rings. The Balaban J connectivity index is 1.45. The van der Waals surface area contributed by atoms with Crippen LogP contribution in [0.2, 0.25) is 0 Å². The molecule has 6 rings (SSSR count). The number of carboxylic acids is 2. The van der Waals surface area contributed by atoms with Crippen LogP contribution in [0.25, 0.3) is 0 Å². The maximum absolute atomic E-state index is 13.7. The summed E-state index contributed by atoms with van der Waals surface area (Å²) in [6.45, 7) is 0.947. The van der Waals surface area contributed by atoms with Gasteiger partial charge in [-0.25, -0.2) is 9.59 Å². The molecule has 4 saturated carbocycles. The van der Waals surface area contributed by atoms with Crippen LogP contribution in [0.4, 0.5) is 0 Å². The minimum absolute atomic E-state index is 0.0742. The lowest BCUT2D eigenvalue weighted by Gasteiger charge is -2.61. The normalized spacial score (nSPS) is 42.0. The second kappa shape index (κ2) is 6.69. The smallest absolute Gasteiger partial charge is 0.326 e. The molecule has 2 heterocycles. The van der Waals surface area contributed by atoms with Crippen LogP contribution in [0.5, 0.6) is 0 Å². The third-order valence-corrected chi connectivity index (χ3v) is 8.57. The zero-order valence-corrected chi connectivity index (χ0v) is 17.2. The van der Waals surface area contributed by atoms with E-state index < -0.39 is 34.9 Å². The van der Waals surface area contributed by atoms with Crippen molar-refractivity contribution in [1.82, 2.24) is 9.80 Å². The highest BCUT2D eigenvalue weighted by Gasteiger charge is 2.65. The minimum atomic E-state index is -0.947. The van der Waals surface area contributed by atoms with Crippen LogP contribution in [0.1, 0.15) is 64.2 Å². The number of carboxylic acid groups (broad SMARTS) is 2. The van der Waals surface area contributed by atoms with Crippen molar-refractivity contribution >= 4 is 23.8 Å². The average Bonchev–Trinajstić information content (AvgIpc) is 3.35. The maximum atomic E-state index is 13.7. The lowest BCUT2D eigenvalue weighted by Crippen LogP contribution is -2.63. The van der Waals surface area contributed by atoms with Gasteiger partial charge in [0.2, 0.25) is 11.8 Å². The molecule has 0 spiro atoms. The van der Waals surface area contributed by atoms with E-state index in [-0.39, 0.29) is 23.7 Å². The van der Waals surface area contributed by atoms with Gasteiger partial charge in [0.1, 0.15) is 12.1 Å². The number of likely N-dealkylation sites (tertiary alicyclic amines) is 2. The summed E-state index contributed by atoms with van der Waals surface area (Å²) in [4.78, 5) is 53.9. The molecule has 2 N–H and O–H groups in total. The molecule has 0 aromatic heterocycles. The van der Waals surface area contributed by atoms with Crippen molar-refractivity contribution in [2.75, 3.05) is 13.1 Å². The van der Waals surface area contributed by atoms with E-state index in [0.717, 1.165) is 32.1 Å². The van der Waals surface area contributed by atoms with Gasteiger partial charge in [0, 0.05) is 13.1 Å². The van der Waals surface area contributed by atoms with Gasteiger partial charge in [-0.3, -0.25) is 9.59 Å². The number of amides is 2. The maximum Gasteiger partial charge on any atom is 0.326 e. The van der Waals surface area contributed by atoms with E-state index in [9.17, 15) is 29.4 Å². The van der Waals surface area contributed by atoms with Crippen molar-refractivity contribution in [3.8, 4) is 0 Å². The SMILES string of the molecule is O=C(O)[C@H]1CCCN1C(=O)C12CC3CC(C1)CC(C(=O)N1CCC[C@H]1C(=O)O)(C3)C2. The summed E-state index contributed by atoms with van der Waals surface area (Å²) >= 11 is 0. The zero-order chi connectivity index (χ0) is 21.3. The highest BCUT2D eigenvalue weighted by Crippen LogP contribution is 2.66. The molecule has 2 saturated heterocycles. The molecule has 0 aromatic rings. The third kappa shape index (κ3) is 2.78. The molecule has 2 aliphatic heterocycles. The Morgan fingerprint density at radius 3 is 1.47 bits per heavy atom. The molecule has 2 unspecified atom stereocenters. The Morgan fingerprint density at radius 1 is 0.700 bits per heavy atom. The molecule has 8 nitrogen and oxygen atoms in total. The van der Waals surface area contributed by atoms with Crippen LogP contribution in [0, 0.1) is 22.7 Å². The number of aliphatic carboxylic acids is 2. The summed E-state index contributed by atoms with van der Waals surface area (Å²) in [5.41, 5.74) is -1.31. The first-order chi connectivity index (χ1) is 14.2. The van der Waals surface area contributed by atoms with Gasteiger partial charge >= 0.3 is 11.9 Å². The van der Waals surface area contributed by atoms with Crippen molar-refractivity contribution in [1.29, 1.82) is 0 Å². The molecule has 0 aromatic carbocycles. The molecule has 164 valence electrons. The number of nitrogens with zero attached hydrogens (tertiary/aromatic N) is 2. The number of hydrogen-bond acceptors (Lipinski definition) is 4. The van der Waals surface area contributed by atoms with E-state index >= 15 is 0 Å². The van der Waals surface area contributed by atoms with Crippen LogP contribution >= 0.6 is 0 Å². The largest absolute Gasteiger partial charge is 0.480 e. The minimum Gasteiger partial charge on any atom is -0.480 e. The lowest BCUT2D eigenvalue weighted by molar-refractivity contribution is -0.183. The first-order valence-electron chi connectivity index (χ1n) is 11.3. The van der Waals surface area contributed by atoms with Crippen molar-refractivity contribution in [2.45, 2.75) is 76.3 Å². The summed E-state index contributed by atoms with van der Waals surface area (Å²) in [7, 11) is 0. The van der Waals surface area contributed by atoms with E-state index in [2.05, 4.69) is 0 Å². The first-order valence-corrected chi connectivity index (χ1v) is 11.3. The van der Waals surface area contributed by atoms with Crippen LogP contribution in [-0.2, 0) is 19.2 Å². The Hall–Kier alpha value is -2.12. The number of carbonyl (C=O) groups is 4. The Kier molecular flexibility index (Phi) is 4.42. The van der Waals surface area contributed by atoms with Crippen LogP contribution in [0.15, 0.2) is 0 Å². The van der Waals surface area contributed by atoms with Crippen molar-refractivity contribution in [2.24, 2.45) is 22.7 Å². The topological polar surface area (TPSA) is 115 Å². The standard InChI is InChI=1S/C22H30N2O6/c25-17(26)15-3-1-5-23(15)19(29)21-8-13-7-14(9-21)11-22(10-13,12-21)20(30)24-6-2-4-16(24)18(27)28/h13-16H,1-12H2,(H,25,26)(H,27,28)/t13?,14?,15-,16+,21?,22?. The fraction of sp³-hybridized carbons (Fsp3) is 0.818. The molecule has 0 radical (unpaired) electrons. The van der Waals surface area contributed by atoms with E-state index in [1.165, 1.54) is 0 Å². The fourth-order valence-corrected chi connectivity index (χ4v) is 7.91. The quantitative estimate of drug-likeness (QED) is 0.718. The van der Waals surface area contributed by atoms with Crippen molar-refractivity contribution < 1.29 is 29.4 Å². The summed E-state index contributed by atoms with van der Waals surface area (Å²) in [6.07, 6.45) is 6.80. The van der Waals surface area contributed by atoms with E-state index in [0.29, 0.717) is 45.2 Å². The Morgan fingerprint density at radius 2 is 1.10 bits per heavy atom. The summed E-state index contributed by atoms with van der Waals surface area (Å²) in [5, 5.41) is 19.1. The molecule has 4 bridgehead atoms. The third-order valence-electron chi connectivity index (χ3n) is 8.57. The average molecular weight is 418 g/mol. The molecule has 30 heavy (non-hydrogen) atoms. The highest BCUT2D eigenvalue weighted by atomic mass is 16.4. The van der Waals surface area contributed by atoms with Crippen LogP contribution < -0.4 is 0 Å². The predicted octanol–water partition coefficient (Wildman–Crippen LogP) is 1.72. The van der Waals surface area contributed by atoms with Gasteiger partial charge in [-0.2, -0.15) is 0 Å². The molecule has 2 amide bonds. The second-order valence-electron chi connectivity index (χ2n) is 10.5. The molecular formula is C22H30N2O6. The number of hydrogen-bond donors (Lipinski definition) is 2. The molecule has 6 fully saturated rings. The summed E-state index contributed by atoms with van der Waals surface area (Å²) in [6, 6.07) is -1.51. The molecular weight excluding hydrogens is 388 g/mol. The second-order valence-corrected chi connectivity index (χ2v) is 10.5. The highest BCUT2D eigenvalue weighted by molar-refractivity contribution is 5.92. The summed E-state index contributed by atoms with van der Waals surface area (Å²) in [5.74, 6) is -1.47. The monoisotopic (exact) mass is 418 g/mol. The van der Waals surface area contributed by atoms with Gasteiger partial charge in [-0.05, 0) is 76.0 Å². The fourth-order valence-electron chi connectivity index (χ4n) is 7.91. The van der Waals surface area contributed by atoms with Gasteiger partial charge in [0.05, 0.1) is 10.8 Å². The molecule has 8 heteroatoms. The van der Waals surface area contributed by atoms with Gasteiger partial charge in [-0.1, -0.05) is 0 Å². The predicted molar refractivity (Wildman–Crippen MR) is 104 cm³/mol. The Labute approximate surface area is 175 Å². The molecule has 4 atom stereocenters. The van der Waals surface area contributed by atoms with Gasteiger partial charge in [0.25, 0.3) is 0 Å². The van der Waals surface area contributed by atoms with E-state index in [4.69, 9.17) is 0 Å². The van der Waals surface area contributed by atoms with Crippen LogP contribution in [-0.4, -0.2) is 68.9 Å². The lowest BCUT2D eigenvalue weighted by atomic mass is 9.43. The Bertz CT molecular complexity index is 733. The van der Waals surface area contributed by atoms with Crippen LogP contribution in [0.3, 0.4) is 0 Å². The van der Waals surface area contributed by atoms with E-state index in [1.807, 2.05) is 0 Å². The number of rotatable bonds is 4. The first kappa shape index (κ1) is 19.8. The summed E-state index contributed by atoms with van der Waals surface area (Å²) < 4.78 is 0. The molecule has 4 aliphatic carbocycles. The van der Waals surface area contributed by atoms with Gasteiger partial charge in [0.15, 0.2) is 0 Å². The van der Waals surface area contributed by atoms with Crippen molar-refractivity contribution in [3.05, 3.63) is 0 Å². The number of carbonyl (C=O) groups excluding carboxylic acids is 2. The van der Waals surface area contributed by atoms with Gasteiger partial charge in [-0.15, -0.1) is 0 Å². The van der Waals surface area contributed by atoms with Gasteiger partial charge < -0.3 is 20.0 Å².